The Hall–Kier alpha value is -2.37. The van der Waals surface area contributed by atoms with E-state index in [1.54, 1.807) is 18.0 Å². The SMILES string of the molecule is CCOC(=O)C=CC1(c2cccnc2)CCN(C(=O)OC(C)(C)C)CC1. The Kier molecular flexibility index (Phi) is 6.40. The Balaban J connectivity index is 2.16. The number of allylic oxidation sites excluding steroid dienone is 1. The molecule has 0 radical (unpaired) electrons. The number of esters is 1. The minimum absolute atomic E-state index is 0.299. The number of aromatic nitrogens is 1. The van der Waals surface area contributed by atoms with Gasteiger partial charge in [-0.15, -0.1) is 0 Å². The Morgan fingerprint density at radius 1 is 1.31 bits per heavy atom. The van der Waals surface area contributed by atoms with Crippen molar-refractivity contribution in [3.8, 4) is 0 Å². The van der Waals surface area contributed by atoms with Gasteiger partial charge in [-0.25, -0.2) is 9.59 Å². The molecule has 0 aromatic carbocycles. The van der Waals surface area contributed by atoms with Crippen molar-refractivity contribution in [1.29, 1.82) is 0 Å². The summed E-state index contributed by atoms with van der Waals surface area (Å²) in [6, 6.07) is 3.89. The molecule has 1 amide bonds. The van der Waals surface area contributed by atoms with E-state index in [0.717, 1.165) is 5.56 Å². The predicted molar refractivity (Wildman–Crippen MR) is 98.7 cm³/mol. The first-order chi connectivity index (χ1) is 12.3. The molecule has 142 valence electrons. The van der Waals surface area contributed by atoms with Crippen molar-refractivity contribution in [2.75, 3.05) is 19.7 Å². The van der Waals surface area contributed by atoms with E-state index in [9.17, 15) is 9.59 Å². The second-order valence-corrected chi connectivity index (χ2v) is 7.45. The summed E-state index contributed by atoms with van der Waals surface area (Å²) in [4.78, 5) is 30.0. The first-order valence-electron chi connectivity index (χ1n) is 9.00. The minimum atomic E-state index is -0.515. The average molecular weight is 360 g/mol. The van der Waals surface area contributed by atoms with Gasteiger partial charge in [-0.3, -0.25) is 4.98 Å². The Bertz CT molecular complexity index is 642. The Morgan fingerprint density at radius 2 is 2.00 bits per heavy atom. The molecule has 0 atom stereocenters. The normalized spacial score (nSPS) is 17.2. The number of ether oxygens (including phenoxy) is 2. The van der Waals surface area contributed by atoms with E-state index in [1.807, 2.05) is 45.2 Å². The number of hydrogen-bond donors (Lipinski definition) is 0. The van der Waals surface area contributed by atoms with Crippen LogP contribution in [0.4, 0.5) is 4.79 Å². The highest BCUT2D eigenvalue weighted by Gasteiger charge is 2.37. The summed E-state index contributed by atoms with van der Waals surface area (Å²) in [5.74, 6) is -0.356. The van der Waals surface area contributed by atoms with Gasteiger partial charge in [-0.2, -0.15) is 0 Å². The Morgan fingerprint density at radius 3 is 2.54 bits per heavy atom. The van der Waals surface area contributed by atoms with Crippen molar-refractivity contribution in [2.24, 2.45) is 0 Å². The van der Waals surface area contributed by atoms with Gasteiger partial charge in [0.1, 0.15) is 5.60 Å². The summed E-state index contributed by atoms with van der Waals surface area (Å²) in [5, 5.41) is 0. The standard InChI is InChI=1S/C20H28N2O4/c1-5-25-17(23)8-9-20(16-7-6-12-21-15-16)10-13-22(14-11-20)18(24)26-19(2,3)4/h6-9,12,15H,5,10-11,13-14H2,1-4H3. The molecule has 1 aliphatic heterocycles. The van der Waals surface area contributed by atoms with E-state index in [0.29, 0.717) is 32.5 Å². The maximum atomic E-state index is 12.3. The molecular weight excluding hydrogens is 332 g/mol. The number of rotatable bonds is 4. The molecule has 0 N–H and O–H groups in total. The number of carbonyl (C=O) groups excluding carboxylic acids is 2. The van der Waals surface area contributed by atoms with Crippen molar-refractivity contribution in [2.45, 2.75) is 51.6 Å². The fourth-order valence-electron chi connectivity index (χ4n) is 3.04. The van der Waals surface area contributed by atoms with Gasteiger partial charge in [0.25, 0.3) is 0 Å². The van der Waals surface area contributed by atoms with Crippen LogP contribution < -0.4 is 0 Å². The zero-order valence-corrected chi connectivity index (χ0v) is 16.0. The van der Waals surface area contributed by atoms with Crippen LogP contribution in [0.1, 0.15) is 46.1 Å². The van der Waals surface area contributed by atoms with E-state index in [2.05, 4.69) is 4.98 Å². The van der Waals surface area contributed by atoms with Gasteiger partial charge in [0.15, 0.2) is 0 Å². The molecule has 0 spiro atoms. The maximum absolute atomic E-state index is 12.3. The summed E-state index contributed by atoms with van der Waals surface area (Å²) >= 11 is 0. The second kappa shape index (κ2) is 8.34. The summed E-state index contributed by atoms with van der Waals surface area (Å²) in [6.07, 6.45) is 8.00. The van der Waals surface area contributed by atoms with E-state index in [1.165, 1.54) is 6.08 Å². The van der Waals surface area contributed by atoms with Crippen LogP contribution in [0.25, 0.3) is 0 Å². The molecule has 6 nitrogen and oxygen atoms in total. The van der Waals surface area contributed by atoms with Gasteiger partial charge in [0, 0.05) is 37.0 Å². The maximum Gasteiger partial charge on any atom is 0.410 e. The minimum Gasteiger partial charge on any atom is -0.463 e. The van der Waals surface area contributed by atoms with Gasteiger partial charge >= 0.3 is 12.1 Å². The molecular formula is C20H28N2O4. The van der Waals surface area contributed by atoms with E-state index in [4.69, 9.17) is 9.47 Å². The fourth-order valence-corrected chi connectivity index (χ4v) is 3.04. The first kappa shape index (κ1) is 19.9. The van der Waals surface area contributed by atoms with E-state index in [-0.39, 0.29) is 17.5 Å². The lowest BCUT2D eigenvalue weighted by atomic mass is 9.73. The third-order valence-corrected chi connectivity index (χ3v) is 4.37. The van der Waals surface area contributed by atoms with Crippen LogP contribution >= 0.6 is 0 Å². The lowest BCUT2D eigenvalue weighted by molar-refractivity contribution is -0.137. The molecule has 1 aliphatic rings. The van der Waals surface area contributed by atoms with Crippen molar-refractivity contribution in [3.05, 3.63) is 42.2 Å². The second-order valence-electron chi connectivity index (χ2n) is 7.45. The predicted octanol–water partition coefficient (Wildman–Crippen LogP) is 3.47. The number of carbonyl (C=O) groups is 2. The quantitative estimate of drug-likeness (QED) is 0.607. The van der Waals surface area contributed by atoms with Gasteiger partial charge in [0.2, 0.25) is 0 Å². The van der Waals surface area contributed by atoms with Crippen LogP contribution in [0.3, 0.4) is 0 Å². The summed E-state index contributed by atoms with van der Waals surface area (Å²) in [5.41, 5.74) is 0.169. The molecule has 0 unspecified atom stereocenters. The van der Waals surface area contributed by atoms with Crippen molar-refractivity contribution in [1.82, 2.24) is 9.88 Å². The molecule has 2 rings (SSSR count). The molecule has 1 aromatic rings. The first-order valence-corrected chi connectivity index (χ1v) is 9.00. The molecule has 1 aromatic heterocycles. The number of nitrogens with zero attached hydrogens (tertiary/aromatic N) is 2. The third-order valence-electron chi connectivity index (χ3n) is 4.37. The third kappa shape index (κ3) is 5.31. The van der Waals surface area contributed by atoms with E-state index >= 15 is 0 Å². The van der Waals surface area contributed by atoms with E-state index < -0.39 is 5.60 Å². The summed E-state index contributed by atoms with van der Waals surface area (Å²) < 4.78 is 10.5. The van der Waals surface area contributed by atoms with Crippen LogP contribution in [0.2, 0.25) is 0 Å². The van der Waals surface area contributed by atoms with Crippen LogP contribution in [-0.4, -0.2) is 47.2 Å². The molecule has 1 fully saturated rings. The van der Waals surface area contributed by atoms with Crippen LogP contribution in [0, 0.1) is 0 Å². The molecule has 26 heavy (non-hydrogen) atoms. The monoisotopic (exact) mass is 360 g/mol. The van der Waals surface area contributed by atoms with Crippen molar-refractivity contribution < 1.29 is 19.1 Å². The Labute approximate surface area is 155 Å². The summed E-state index contributed by atoms with van der Waals surface area (Å²) in [6.45, 7) is 8.80. The topological polar surface area (TPSA) is 68.7 Å². The summed E-state index contributed by atoms with van der Waals surface area (Å²) in [7, 11) is 0. The van der Waals surface area contributed by atoms with Gasteiger partial charge < -0.3 is 14.4 Å². The lowest BCUT2D eigenvalue weighted by Gasteiger charge is -2.40. The molecule has 1 saturated heterocycles. The zero-order chi connectivity index (χ0) is 19.2. The molecule has 6 heteroatoms. The zero-order valence-electron chi connectivity index (χ0n) is 16.0. The largest absolute Gasteiger partial charge is 0.463 e. The van der Waals surface area contributed by atoms with Gasteiger partial charge in [-0.1, -0.05) is 12.1 Å². The highest BCUT2D eigenvalue weighted by Crippen LogP contribution is 2.37. The molecule has 0 aliphatic carbocycles. The molecule has 2 heterocycles. The molecule has 0 bridgehead atoms. The van der Waals surface area contributed by atoms with Crippen LogP contribution in [0.5, 0.6) is 0 Å². The van der Waals surface area contributed by atoms with Gasteiger partial charge in [-0.05, 0) is 52.2 Å². The average Bonchev–Trinajstić information content (AvgIpc) is 2.60. The smallest absolute Gasteiger partial charge is 0.410 e. The number of hydrogen-bond acceptors (Lipinski definition) is 5. The lowest BCUT2D eigenvalue weighted by Crippen LogP contribution is -2.46. The fraction of sp³-hybridized carbons (Fsp3) is 0.550. The highest BCUT2D eigenvalue weighted by atomic mass is 16.6. The van der Waals surface area contributed by atoms with Gasteiger partial charge in [0.05, 0.1) is 6.61 Å². The molecule has 0 saturated carbocycles. The van der Waals surface area contributed by atoms with Crippen LogP contribution in [0.15, 0.2) is 36.7 Å². The van der Waals surface area contributed by atoms with Crippen LogP contribution in [-0.2, 0) is 19.7 Å². The van der Waals surface area contributed by atoms with Crippen molar-refractivity contribution in [3.63, 3.8) is 0 Å². The number of pyridine rings is 1. The highest BCUT2D eigenvalue weighted by molar-refractivity contribution is 5.82. The number of amides is 1. The van der Waals surface area contributed by atoms with Crippen molar-refractivity contribution >= 4 is 12.1 Å². The number of piperidine rings is 1. The number of likely N-dealkylation sites (tertiary alicyclic amines) is 1.